The summed E-state index contributed by atoms with van der Waals surface area (Å²) in [5.74, 6) is -0.139. The van der Waals surface area contributed by atoms with Crippen LogP contribution in [0.1, 0.15) is 26.1 Å². The van der Waals surface area contributed by atoms with Gasteiger partial charge in [0.25, 0.3) is 5.91 Å². The Kier molecular flexibility index (Phi) is 5.20. The molecule has 0 bridgehead atoms. The summed E-state index contributed by atoms with van der Waals surface area (Å²) in [6.07, 6.45) is 2.12. The van der Waals surface area contributed by atoms with Gasteiger partial charge in [-0.2, -0.15) is 0 Å². The molecule has 1 aliphatic rings. The third kappa shape index (κ3) is 3.50. The number of carbonyl (C=O) groups is 1. The van der Waals surface area contributed by atoms with E-state index < -0.39 is 0 Å². The van der Waals surface area contributed by atoms with Gasteiger partial charge in [-0.1, -0.05) is 29.3 Å². The maximum atomic E-state index is 11.6. The van der Waals surface area contributed by atoms with Gasteiger partial charge in [0.2, 0.25) is 0 Å². The molecule has 15 heavy (non-hydrogen) atoms. The van der Waals surface area contributed by atoms with E-state index in [9.17, 15) is 4.79 Å². The van der Waals surface area contributed by atoms with Gasteiger partial charge in [0.15, 0.2) is 0 Å². The fraction of sp³-hybridized carbons (Fsp3) is 0.300. The van der Waals surface area contributed by atoms with Gasteiger partial charge < -0.3 is 8.17 Å². The largest absolute Gasteiger partial charge is 2.00 e. The van der Waals surface area contributed by atoms with Crippen molar-refractivity contribution in [3.8, 4) is 0 Å². The third-order valence-corrected chi connectivity index (χ3v) is 2.93. The van der Waals surface area contributed by atoms with Crippen molar-refractivity contribution in [3.05, 3.63) is 33.8 Å². The average molecular weight is 272 g/mol. The van der Waals surface area contributed by atoms with Gasteiger partial charge in [0.1, 0.15) is 0 Å². The van der Waals surface area contributed by atoms with Crippen LogP contribution >= 0.6 is 23.2 Å². The van der Waals surface area contributed by atoms with Crippen molar-refractivity contribution in [3.63, 3.8) is 0 Å². The molecule has 1 fully saturated rings. The SMILES string of the molecule is O=C(NC1CC1)c1cccc(Cl)c1Cl.[Ca+2].[H-].[H-]. The van der Waals surface area contributed by atoms with Gasteiger partial charge in [0, 0.05) is 6.04 Å². The summed E-state index contributed by atoms with van der Waals surface area (Å²) in [7, 11) is 0. The van der Waals surface area contributed by atoms with E-state index in [1.807, 2.05) is 0 Å². The number of hydrogen-bond acceptors (Lipinski definition) is 1. The predicted octanol–water partition coefficient (Wildman–Crippen LogP) is 2.73. The molecule has 1 amide bonds. The van der Waals surface area contributed by atoms with Crippen molar-refractivity contribution < 1.29 is 7.65 Å². The first kappa shape index (κ1) is 13.6. The number of carbonyl (C=O) groups excluding carboxylic acids is 1. The van der Waals surface area contributed by atoms with Crippen molar-refractivity contribution in [1.82, 2.24) is 5.32 Å². The van der Waals surface area contributed by atoms with E-state index in [0.717, 1.165) is 12.8 Å². The van der Waals surface area contributed by atoms with Crippen LogP contribution < -0.4 is 5.32 Å². The van der Waals surface area contributed by atoms with Crippen molar-refractivity contribution in [2.75, 3.05) is 0 Å². The van der Waals surface area contributed by atoms with Gasteiger partial charge in [-0.15, -0.1) is 0 Å². The molecule has 2 rings (SSSR count). The Bertz CT molecular complexity index is 389. The molecule has 0 radical (unpaired) electrons. The van der Waals surface area contributed by atoms with Gasteiger partial charge in [-0.05, 0) is 25.0 Å². The van der Waals surface area contributed by atoms with Crippen molar-refractivity contribution in [1.29, 1.82) is 0 Å². The Balaban J connectivity index is 0. The van der Waals surface area contributed by atoms with Crippen LogP contribution in [0.5, 0.6) is 0 Å². The molecular formula is C10H11CaCl2NO. The van der Waals surface area contributed by atoms with Crippen LogP contribution in [-0.4, -0.2) is 49.7 Å². The molecule has 1 N–H and O–H groups in total. The second-order valence-corrected chi connectivity index (χ2v) is 4.13. The molecule has 1 aliphatic carbocycles. The fourth-order valence-electron chi connectivity index (χ4n) is 1.17. The van der Waals surface area contributed by atoms with Crippen LogP contribution in [0.4, 0.5) is 0 Å². The Morgan fingerprint density at radius 1 is 1.40 bits per heavy atom. The normalized spacial score (nSPS) is 14.3. The van der Waals surface area contributed by atoms with E-state index in [4.69, 9.17) is 23.2 Å². The molecule has 0 saturated heterocycles. The molecule has 1 aromatic rings. The molecule has 1 saturated carbocycles. The summed E-state index contributed by atoms with van der Waals surface area (Å²) < 4.78 is 0. The van der Waals surface area contributed by atoms with Crippen LogP contribution in [0.15, 0.2) is 18.2 Å². The van der Waals surface area contributed by atoms with Crippen molar-refractivity contribution in [2.24, 2.45) is 0 Å². The van der Waals surface area contributed by atoms with Crippen LogP contribution in [0.3, 0.4) is 0 Å². The summed E-state index contributed by atoms with van der Waals surface area (Å²) in [5.41, 5.74) is 0.450. The summed E-state index contributed by atoms with van der Waals surface area (Å²) in [6.45, 7) is 0. The van der Waals surface area contributed by atoms with Crippen LogP contribution in [0, 0.1) is 0 Å². The van der Waals surface area contributed by atoms with E-state index >= 15 is 0 Å². The number of nitrogens with one attached hydrogen (secondary N) is 1. The quantitative estimate of drug-likeness (QED) is 0.824. The van der Waals surface area contributed by atoms with E-state index in [1.165, 1.54) is 0 Å². The maximum Gasteiger partial charge on any atom is 2.00 e. The summed E-state index contributed by atoms with van der Waals surface area (Å²) in [4.78, 5) is 11.6. The molecular weight excluding hydrogens is 261 g/mol. The minimum Gasteiger partial charge on any atom is -1.00 e. The van der Waals surface area contributed by atoms with Gasteiger partial charge in [0.05, 0.1) is 15.6 Å². The maximum absolute atomic E-state index is 11.6. The van der Waals surface area contributed by atoms with Crippen molar-refractivity contribution in [2.45, 2.75) is 18.9 Å². The minimum absolute atomic E-state index is 0. The molecule has 78 valence electrons. The minimum atomic E-state index is -0.139. The second kappa shape index (κ2) is 5.74. The summed E-state index contributed by atoms with van der Waals surface area (Å²) in [6, 6.07) is 5.39. The zero-order valence-corrected chi connectivity index (χ0v) is 11.8. The summed E-state index contributed by atoms with van der Waals surface area (Å²) in [5, 5.41) is 3.59. The Labute approximate surface area is 131 Å². The third-order valence-electron chi connectivity index (χ3n) is 2.11. The monoisotopic (exact) mass is 271 g/mol. The van der Waals surface area contributed by atoms with Crippen LogP contribution in [-0.2, 0) is 0 Å². The van der Waals surface area contributed by atoms with Crippen LogP contribution in [0.25, 0.3) is 0 Å². The Hall–Kier alpha value is 0.530. The number of benzene rings is 1. The molecule has 1 aromatic carbocycles. The predicted molar refractivity (Wildman–Crippen MR) is 64.9 cm³/mol. The smallest absolute Gasteiger partial charge is 1.00 e. The molecule has 5 heteroatoms. The van der Waals surface area contributed by atoms with E-state index in [1.54, 1.807) is 18.2 Å². The summed E-state index contributed by atoms with van der Waals surface area (Å²) >= 11 is 11.7. The van der Waals surface area contributed by atoms with Gasteiger partial charge in [-0.25, -0.2) is 0 Å². The fourth-order valence-corrected chi connectivity index (χ4v) is 1.56. The first-order valence-corrected chi connectivity index (χ1v) is 5.19. The Morgan fingerprint density at radius 3 is 2.67 bits per heavy atom. The molecule has 0 aromatic heterocycles. The van der Waals surface area contributed by atoms with E-state index in [-0.39, 0.29) is 46.5 Å². The number of rotatable bonds is 2. The van der Waals surface area contributed by atoms with E-state index in [2.05, 4.69) is 5.32 Å². The Morgan fingerprint density at radius 2 is 2.07 bits per heavy atom. The first-order valence-electron chi connectivity index (χ1n) is 4.43. The van der Waals surface area contributed by atoms with Crippen LogP contribution in [0.2, 0.25) is 10.0 Å². The van der Waals surface area contributed by atoms with Crippen molar-refractivity contribution >= 4 is 66.8 Å². The van der Waals surface area contributed by atoms with Gasteiger partial charge >= 0.3 is 37.7 Å². The number of hydrogen-bond donors (Lipinski definition) is 1. The molecule has 2 nitrogen and oxygen atoms in total. The van der Waals surface area contributed by atoms with E-state index in [0.29, 0.717) is 21.7 Å². The zero-order valence-electron chi connectivity index (χ0n) is 10.1. The zero-order chi connectivity index (χ0) is 10.1. The average Bonchev–Trinajstić information content (AvgIpc) is 2.93. The topological polar surface area (TPSA) is 29.1 Å². The van der Waals surface area contributed by atoms with Gasteiger partial charge in [-0.3, -0.25) is 4.79 Å². The number of halogens is 2. The molecule has 0 aliphatic heterocycles. The first-order chi connectivity index (χ1) is 6.68. The standard InChI is InChI=1S/C10H9Cl2NO.Ca.2H/c11-8-3-1-2-7(9(8)12)10(14)13-6-4-5-6;;;/h1-3,6H,4-5H2,(H,13,14);;;/q;+2;2*-1. The molecule has 0 heterocycles. The molecule has 0 spiro atoms. The molecule has 0 unspecified atom stereocenters. The second-order valence-electron chi connectivity index (χ2n) is 3.35. The molecule has 0 atom stereocenters. The number of amides is 1.